The van der Waals surface area contributed by atoms with Crippen molar-refractivity contribution in [1.82, 2.24) is 0 Å². The molecule has 2 aliphatic rings. The van der Waals surface area contributed by atoms with Crippen molar-refractivity contribution in [3.8, 4) is 11.1 Å². The molecule has 0 aliphatic heterocycles. The number of hydrogen-bond acceptors (Lipinski definition) is 0. The second kappa shape index (κ2) is 16.0. The van der Waals surface area contributed by atoms with E-state index >= 15 is 0 Å². The van der Waals surface area contributed by atoms with Gasteiger partial charge < -0.3 is 24.8 Å². The van der Waals surface area contributed by atoms with Crippen molar-refractivity contribution in [1.29, 1.82) is 0 Å². The van der Waals surface area contributed by atoms with Crippen LogP contribution in [-0.2, 0) is 49.3 Å². The fraction of sp³-hybridized carbons (Fsp3) is 0.453. The molecule has 0 saturated heterocycles. The van der Waals surface area contributed by atoms with Gasteiger partial charge in [0.25, 0.3) is 0 Å². The van der Waals surface area contributed by atoms with Crippen molar-refractivity contribution in [2.24, 2.45) is 11.3 Å². The van der Waals surface area contributed by atoms with E-state index in [9.17, 15) is 0 Å². The Balaban J connectivity index is 0.00000348. The molecule has 0 saturated carbocycles. The van der Waals surface area contributed by atoms with E-state index in [-0.39, 0.29) is 51.9 Å². The Morgan fingerprint density at radius 2 is 0.982 bits per heavy atom. The zero-order valence-corrected chi connectivity index (χ0v) is 41.6. The zero-order valence-electron chi connectivity index (χ0n) is 37.6. The van der Waals surface area contributed by atoms with E-state index in [0.29, 0.717) is 5.92 Å². The van der Waals surface area contributed by atoms with Gasteiger partial charge >= 0.3 is 340 Å². The summed E-state index contributed by atoms with van der Waals surface area (Å²) in [5.41, 5.74) is 18.0. The van der Waals surface area contributed by atoms with Gasteiger partial charge in [-0.3, -0.25) is 0 Å². The maximum atomic E-state index is 2.64. The van der Waals surface area contributed by atoms with Gasteiger partial charge in [-0.25, -0.2) is 0 Å². The molecule has 0 spiro atoms. The molecule has 0 fully saturated rings. The first kappa shape index (κ1) is 46.4. The molecule has 0 bridgehead atoms. The molecular weight excluding hydrogens is 799 g/mol. The minimum atomic E-state index is -3.10. The van der Waals surface area contributed by atoms with Crippen LogP contribution in [-0.4, -0.2) is 3.21 Å². The van der Waals surface area contributed by atoms with Crippen LogP contribution in [0.2, 0.25) is 0 Å². The number of fused-ring (bicyclic) bond motifs is 3. The van der Waals surface area contributed by atoms with Gasteiger partial charge in [-0.05, 0) is 0 Å². The van der Waals surface area contributed by atoms with Crippen LogP contribution in [0, 0.1) is 11.3 Å². The first-order chi connectivity index (χ1) is 24.8. The van der Waals surface area contributed by atoms with Crippen LogP contribution < -0.4 is 28.1 Å². The summed E-state index contributed by atoms with van der Waals surface area (Å²) >= 11 is -3.10. The fourth-order valence-electron chi connectivity index (χ4n) is 8.95. The van der Waals surface area contributed by atoms with Crippen molar-refractivity contribution < 1.29 is 46.1 Å². The monoisotopic (exact) mass is 864 g/mol. The molecular formula is C53H68Cl2Zr. The molecule has 0 nitrogen and oxygen atoms in total. The molecule has 0 N–H and O–H groups in total. The average Bonchev–Trinajstić information content (AvgIpc) is 3.57. The van der Waals surface area contributed by atoms with Crippen LogP contribution in [0.25, 0.3) is 11.1 Å². The van der Waals surface area contributed by atoms with Gasteiger partial charge in [0.1, 0.15) is 0 Å². The Hall–Kier alpha value is -2.31. The molecule has 4 aromatic rings. The van der Waals surface area contributed by atoms with Crippen LogP contribution in [0.5, 0.6) is 0 Å². The first-order valence-corrected chi connectivity index (χ1v) is 24.2. The quantitative estimate of drug-likeness (QED) is 0.173. The summed E-state index contributed by atoms with van der Waals surface area (Å²) < 4.78 is 5.09. The number of rotatable bonds is 4. The van der Waals surface area contributed by atoms with Gasteiger partial charge in [-0.15, -0.1) is 0 Å². The van der Waals surface area contributed by atoms with E-state index in [1.165, 1.54) is 50.1 Å². The first-order valence-electron chi connectivity index (χ1n) is 20.5. The van der Waals surface area contributed by atoms with Crippen molar-refractivity contribution in [3.05, 3.63) is 144 Å². The van der Waals surface area contributed by atoms with Gasteiger partial charge in [0.2, 0.25) is 0 Å². The summed E-state index contributed by atoms with van der Waals surface area (Å²) in [6.07, 6.45) is 3.65. The predicted molar refractivity (Wildman–Crippen MR) is 235 cm³/mol. The summed E-state index contributed by atoms with van der Waals surface area (Å²) in [6, 6.07) is 32.0. The normalized spacial score (nSPS) is 15.6. The van der Waals surface area contributed by atoms with E-state index in [1.54, 1.807) is 26.5 Å². The van der Waals surface area contributed by atoms with Gasteiger partial charge in [-0.1, -0.05) is 0 Å². The Labute approximate surface area is 362 Å². The molecule has 0 amide bonds. The van der Waals surface area contributed by atoms with E-state index in [1.807, 2.05) is 0 Å². The Bertz CT molecular complexity index is 2130. The third-order valence-electron chi connectivity index (χ3n) is 12.1. The summed E-state index contributed by atoms with van der Waals surface area (Å²) in [5.74, 6) is 0.395. The minimum Gasteiger partial charge on any atom is -1.00 e. The smallest absolute Gasteiger partial charge is 1.00 e. The molecule has 1 atom stereocenters. The fourth-order valence-corrected chi connectivity index (χ4v) is 18.8. The predicted octanol–water partition coefficient (Wildman–Crippen LogP) is 7.86. The van der Waals surface area contributed by atoms with E-state index < -0.39 is 21.3 Å². The molecule has 3 heteroatoms. The third-order valence-corrected chi connectivity index (χ3v) is 20.7. The summed E-state index contributed by atoms with van der Waals surface area (Å²) in [5, 5.41) is 0. The number of hydrogen-bond donors (Lipinski definition) is 0. The van der Waals surface area contributed by atoms with Crippen molar-refractivity contribution >= 4 is 6.48 Å². The summed E-state index contributed by atoms with van der Waals surface area (Å²) in [7, 11) is 0. The van der Waals surface area contributed by atoms with Gasteiger partial charge in [-0.2, -0.15) is 0 Å². The van der Waals surface area contributed by atoms with Crippen molar-refractivity contribution in [3.63, 3.8) is 0 Å². The molecule has 6 rings (SSSR count). The van der Waals surface area contributed by atoms with Crippen LogP contribution >= 0.6 is 0 Å². The minimum absolute atomic E-state index is 0. The van der Waals surface area contributed by atoms with Crippen LogP contribution in [0.3, 0.4) is 0 Å². The van der Waals surface area contributed by atoms with Gasteiger partial charge in [0.15, 0.2) is 0 Å². The Morgan fingerprint density at radius 3 is 1.39 bits per heavy atom. The SMILES string of the molecule is CC1=[C]([Zr+2](=[C](c2ccc(C(C)(C)C)cc2)c2ccc(C(C)(C)C)cc2)[c]2c(C(C)(C)C)ccc3c2Cc2cc(C(C)(C)C)ccc2-3)C(C)C=C1C(C)(C)C.[Cl-].[Cl-]. The van der Waals surface area contributed by atoms with E-state index in [2.05, 4.69) is 203 Å². The van der Waals surface area contributed by atoms with E-state index in [0.717, 1.165) is 6.42 Å². The van der Waals surface area contributed by atoms with Crippen molar-refractivity contribution in [2.45, 2.75) is 146 Å². The topological polar surface area (TPSA) is 0 Å². The zero-order chi connectivity index (χ0) is 39.9. The number of halogens is 2. The number of benzene rings is 4. The van der Waals surface area contributed by atoms with Crippen LogP contribution in [0.1, 0.15) is 162 Å². The largest absolute Gasteiger partial charge is 1.00 e. The molecule has 0 heterocycles. The van der Waals surface area contributed by atoms with Gasteiger partial charge in [0.05, 0.1) is 0 Å². The second-order valence-electron chi connectivity index (χ2n) is 21.6. The number of allylic oxidation sites excluding steroid dienone is 4. The van der Waals surface area contributed by atoms with Crippen LogP contribution in [0.15, 0.2) is 99.4 Å². The maximum absolute atomic E-state index is 3.10. The molecule has 1 unspecified atom stereocenters. The molecule has 56 heavy (non-hydrogen) atoms. The summed E-state index contributed by atoms with van der Waals surface area (Å²) in [4.78, 5) is 0. The molecule has 2 aliphatic carbocycles. The van der Waals surface area contributed by atoms with Crippen LogP contribution in [0.4, 0.5) is 0 Å². The summed E-state index contributed by atoms with van der Waals surface area (Å²) in [6.45, 7) is 40.6. The molecule has 298 valence electrons. The molecule has 4 aromatic carbocycles. The third kappa shape index (κ3) is 8.97. The Kier molecular flexibility index (Phi) is 13.3. The van der Waals surface area contributed by atoms with E-state index in [4.69, 9.17) is 0 Å². The standard InChI is InChI=1S/C21H25.C21H26.C11H17.2ClH.Zr/c1-20(2,3)16-7-9-18-14(12-16)11-15-13-17(21(4,5)6)8-10-19(15)18;1-20(2,3)18-11-7-16(8-12-18)15-17-9-13-19(14-10-17)21(4,5)6;1-8-6-9(2)10(7-8)11(3,4)5;;;/h7-10,12H,11H2,1-6H3;7-14H,1-6H3;7-8H,1-5H3;2*1H;/q;;;;;+2/p-2. The second-order valence-corrected chi connectivity index (χ2v) is 27.3. The average molecular weight is 867 g/mol. The molecule has 0 radical (unpaired) electrons. The maximum Gasteiger partial charge on any atom is -1.00 e. The van der Waals surface area contributed by atoms with Gasteiger partial charge in [0, 0.05) is 0 Å². The Morgan fingerprint density at radius 1 is 0.536 bits per heavy atom. The molecule has 0 aromatic heterocycles. The van der Waals surface area contributed by atoms with Crippen molar-refractivity contribution in [2.75, 3.05) is 0 Å².